The van der Waals surface area contributed by atoms with Crippen LogP contribution in [0.2, 0.25) is 0 Å². The Kier molecular flexibility index (Phi) is 5.36. The average Bonchev–Trinajstić information content (AvgIpc) is 2.17. The standard InChI is InChI=1S/C8H17N.BrH/c1-3-4-8-5-6-9(2)7-8;/h8H,3-7H2,1-2H3;1H. The molecule has 1 fully saturated rings. The largest absolute Gasteiger partial charge is 1.00 e. The molecule has 1 N–H and O–H groups in total. The lowest BCUT2D eigenvalue weighted by atomic mass is 10.0. The van der Waals surface area contributed by atoms with Crippen molar-refractivity contribution < 1.29 is 21.9 Å². The number of quaternary nitrogens is 1. The second kappa shape index (κ2) is 5.14. The summed E-state index contributed by atoms with van der Waals surface area (Å²) in [6.07, 6.45) is 4.30. The normalized spacial score (nSPS) is 31.8. The highest BCUT2D eigenvalue weighted by Gasteiger charge is 2.21. The van der Waals surface area contributed by atoms with Gasteiger partial charge >= 0.3 is 0 Å². The third-order valence-electron chi connectivity index (χ3n) is 2.31. The summed E-state index contributed by atoms with van der Waals surface area (Å²) in [6, 6.07) is 0. The molecule has 0 bridgehead atoms. The molecule has 0 amide bonds. The fraction of sp³-hybridized carbons (Fsp3) is 1.00. The third kappa shape index (κ3) is 3.02. The molecule has 10 heavy (non-hydrogen) atoms. The highest BCUT2D eigenvalue weighted by Crippen LogP contribution is 2.10. The van der Waals surface area contributed by atoms with Gasteiger partial charge in [0.1, 0.15) is 0 Å². The molecular weight excluding hydrogens is 190 g/mol. The minimum atomic E-state index is 0. The zero-order valence-corrected chi connectivity index (χ0v) is 8.58. The minimum absolute atomic E-state index is 0. The SMILES string of the molecule is CCCC1CC[NH+](C)C1.[Br-]. The fourth-order valence-corrected chi connectivity index (χ4v) is 1.80. The topological polar surface area (TPSA) is 4.44 Å². The van der Waals surface area contributed by atoms with Crippen LogP contribution in [-0.2, 0) is 0 Å². The lowest BCUT2D eigenvalue weighted by molar-refractivity contribution is -0.867. The predicted molar refractivity (Wildman–Crippen MR) is 39.6 cm³/mol. The van der Waals surface area contributed by atoms with E-state index in [-0.39, 0.29) is 17.0 Å². The lowest BCUT2D eigenvalue weighted by Crippen LogP contribution is -3.07. The van der Waals surface area contributed by atoms with Crippen LogP contribution >= 0.6 is 0 Å². The van der Waals surface area contributed by atoms with Gasteiger partial charge < -0.3 is 21.9 Å². The third-order valence-corrected chi connectivity index (χ3v) is 2.31. The Morgan fingerprint density at radius 3 is 2.60 bits per heavy atom. The van der Waals surface area contributed by atoms with Crippen molar-refractivity contribution in [3.05, 3.63) is 0 Å². The number of hydrogen-bond donors (Lipinski definition) is 1. The number of halogens is 1. The Morgan fingerprint density at radius 1 is 1.50 bits per heavy atom. The molecule has 0 aromatic heterocycles. The maximum atomic E-state index is 2.30. The zero-order valence-electron chi connectivity index (χ0n) is 6.99. The van der Waals surface area contributed by atoms with Gasteiger partial charge in [0.15, 0.2) is 0 Å². The van der Waals surface area contributed by atoms with Crippen LogP contribution in [0.3, 0.4) is 0 Å². The van der Waals surface area contributed by atoms with Crippen LogP contribution in [-0.4, -0.2) is 20.1 Å². The van der Waals surface area contributed by atoms with Crippen molar-refractivity contribution in [2.45, 2.75) is 26.2 Å². The molecule has 1 saturated heterocycles. The van der Waals surface area contributed by atoms with Gasteiger partial charge in [-0.1, -0.05) is 13.3 Å². The Morgan fingerprint density at radius 2 is 2.20 bits per heavy atom. The zero-order chi connectivity index (χ0) is 6.69. The summed E-state index contributed by atoms with van der Waals surface area (Å²) in [6.45, 7) is 5.12. The summed E-state index contributed by atoms with van der Waals surface area (Å²) in [5.74, 6) is 1.05. The van der Waals surface area contributed by atoms with Gasteiger partial charge in [0.05, 0.1) is 20.1 Å². The Bertz CT molecular complexity index is 83.3. The van der Waals surface area contributed by atoms with Gasteiger partial charge in [-0.05, 0) is 6.42 Å². The molecule has 2 unspecified atom stereocenters. The van der Waals surface area contributed by atoms with Gasteiger partial charge in [0.2, 0.25) is 0 Å². The Balaban J connectivity index is 0.000000810. The van der Waals surface area contributed by atoms with Crippen molar-refractivity contribution in [1.82, 2.24) is 0 Å². The fourth-order valence-electron chi connectivity index (χ4n) is 1.80. The first-order valence-corrected chi connectivity index (χ1v) is 4.14. The highest BCUT2D eigenvalue weighted by atomic mass is 79.9. The van der Waals surface area contributed by atoms with Crippen molar-refractivity contribution in [1.29, 1.82) is 0 Å². The van der Waals surface area contributed by atoms with Crippen LogP contribution in [0, 0.1) is 5.92 Å². The van der Waals surface area contributed by atoms with E-state index >= 15 is 0 Å². The van der Waals surface area contributed by atoms with E-state index in [1.54, 1.807) is 4.90 Å². The van der Waals surface area contributed by atoms with Crippen molar-refractivity contribution in [3.8, 4) is 0 Å². The molecule has 2 heteroatoms. The second-order valence-electron chi connectivity index (χ2n) is 3.35. The van der Waals surface area contributed by atoms with Crippen molar-refractivity contribution in [2.75, 3.05) is 20.1 Å². The number of nitrogens with one attached hydrogen (secondary N) is 1. The van der Waals surface area contributed by atoms with Crippen LogP contribution in [0.4, 0.5) is 0 Å². The van der Waals surface area contributed by atoms with E-state index in [0.29, 0.717) is 0 Å². The molecule has 1 rings (SSSR count). The van der Waals surface area contributed by atoms with E-state index in [1.807, 2.05) is 0 Å². The van der Waals surface area contributed by atoms with Crippen LogP contribution < -0.4 is 21.9 Å². The van der Waals surface area contributed by atoms with E-state index in [0.717, 1.165) is 5.92 Å². The van der Waals surface area contributed by atoms with Gasteiger partial charge in [-0.2, -0.15) is 0 Å². The molecule has 0 aromatic rings. The maximum absolute atomic E-state index is 2.30. The molecule has 0 saturated carbocycles. The van der Waals surface area contributed by atoms with E-state index in [4.69, 9.17) is 0 Å². The first-order chi connectivity index (χ1) is 4.33. The molecule has 0 aromatic carbocycles. The molecule has 0 spiro atoms. The molecule has 0 radical (unpaired) electrons. The summed E-state index contributed by atoms with van der Waals surface area (Å²) >= 11 is 0. The summed E-state index contributed by atoms with van der Waals surface area (Å²) in [5.41, 5.74) is 0. The number of likely N-dealkylation sites (tertiary alicyclic amines) is 1. The van der Waals surface area contributed by atoms with Crippen LogP contribution in [0.5, 0.6) is 0 Å². The van der Waals surface area contributed by atoms with Gasteiger partial charge in [0, 0.05) is 12.3 Å². The first kappa shape index (κ1) is 10.4. The molecule has 2 atom stereocenters. The molecule has 0 aliphatic carbocycles. The molecule has 1 aliphatic heterocycles. The smallest absolute Gasteiger partial charge is 0.0799 e. The van der Waals surface area contributed by atoms with E-state index in [9.17, 15) is 0 Å². The summed E-state index contributed by atoms with van der Waals surface area (Å²) in [5, 5.41) is 0. The minimum Gasteiger partial charge on any atom is -1.00 e. The Labute approximate surface area is 74.6 Å². The molecule has 62 valence electrons. The van der Waals surface area contributed by atoms with Crippen molar-refractivity contribution >= 4 is 0 Å². The maximum Gasteiger partial charge on any atom is 0.0799 e. The number of hydrogen-bond acceptors (Lipinski definition) is 0. The monoisotopic (exact) mass is 207 g/mol. The molecule has 1 heterocycles. The summed E-state index contributed by atoms with van der Waals surface area (Å²) in [7, 11) is 2.30. The van der Waals surface area contributed by atoms with E-state index < -0.39 is 0 Å². The van der Waals surface area contributed by atoms with Gasteiger partial charge in [0.25, 0.3) is 0 Å². The first-order valence-electron chi connectivity index (χ1n) is 4.14. The number of rotatable bonds is 2. The molecular formula is C8H18BrN. The molecule has 1 aliphatic rings. The Hall–Kier alpha value is 0.440. The van der Waals surface area contributed by atoms with Crippen LogP contribution in [0.15, 0.2) is 0 Å². The highest BCUT2D eigenvalue weighted by molar-refractivity contribution is 4.60. The quantitative estimate of drug-likeness (QED) is 0.504. The van der Waals surface area contributed by atoms with Gasteiger partial charge in [-0.15, -0.1) is 0 Å². The lowest BCUT2D eigenvalue weighted by Gasteiger charge is -2.04. The summed E-state index contributed by atoms with van der Waals surface area (Å²) in [4.78, 5) is 1.73. The van der Waals surface area contributed by atoms with Gasteiger partial charge in [-0.25, -0.2) is 0 Å². The van der Waals surface area contributed by atoms with Gasteiger partial charge in [-0.3, -0.25) is 0 Å². The van der Waals surface area contributed by atoms with Crippen molar-refractivity contribution in [3.63, 3.8) is 0 Å². The van der Waals surface area contributed by atoms with Crippen LogP contribution in [0.1, 0.15) is 26.2 Å². The van der Waals surface area contributed by atoms with Crippen LogP contribution in [0.25, 0.3) is 0 Å². The van der Waals surface area contributed by atoms with E-state index in [1.165, 1.54) is 32.4 Å². The summed E-state index contributed by atoms with van der Waals surface area (Å²) < 4.78 is 0. The average molecular weight is 208 g/mol. The van der Waals surface area contributed by atoms with E-state index in [2.05, 4.69) is 14.0 Å². The van der Waals surface area contributed by atoms with Crippen molar-refractivity contribution in [2.24, 2.45) is 5.92 Å². The molecule has 1 nitrogen and oxygen atoms in total. The second-order valence-corrected chi connectivity index (χ2v) is 3.35. The predicted octanol–water partition coefficient (Wildman–Crippen LogP) is -2.67.